The molecular formula is C34H39N3O5. The Labute approximate surface area is 247 Å². The largest absolute Gasteiger partial charge is 0.481 e. The van der Waals surface area contributed by atoms with Gasteiger partial charge in [0.05, 0.1) is 11.5 Å². The molecule has 1 fully saturated rings. The van der Waals surface area contributed by atoms with Gasteiger partial charge in [-0.25, -0.2) is 4.79 Å². The van der Waals surface area contributed by atoms with Gasteiger partial charge in [-0.3, -0.25) is 14.5 Å². The van der Waals surface area contributed by atoms with E-state index in [1.807, 2.05) is 66.5 Å². The maximum absolute atomic E-state index is 13.7. The van der Waals surface area contributed by atoms with E-state index in [1.165, 1.54) is 0 Å². The third kappa shape index (κ3) is 6.49. The van der Waals surface area contributed by atoms with Crippen LogP contribution in [-0.2, 0) is 20.9 Å². The Morgan fingerprint density at radius 1 is 0.952 bits per heavy atom. The molecule has 2 amide bonds. The van der Waals surface area contributed by atoms with E-state index in [2.05, 4.69) is 34.9 Å². The van der Waals surface area contributed by atoms with Crippen LogP contribution in [0.15, 0.2) is 78.9 Å². The summed E-state index contributed by atoms with van der Waals surface area (Å²) in [6, 6.07) is 25.2. The highest BCUT2D eigenvalue weighted by Crippen LogP contribution is 2.44. The molecule has 3 aromatic carbocycles. The number of amides is 2. The summed E-state index contributed by atoms with van der Waals surface area (Å²) >= 11 is 0. The predicted octanol–water partition coefficient (Wildman–Crippen LogP) is 5.18. The van der Waals surface area contributed by atoms with Crippen molar-refractivity contribution in [3.8, 4) is 11.1 Å². The highest BCUT2D eigenvalue weighted by Gasteiger charge is 2.43. The number of nitrogens with zero attached hydrogens (tertiary/aromatic N) is 1. The molecule has 3 unspecified atom stereocenters. The number of alkyl carbamates (subject to hydrolysis) is 1. The monoisotopic (exact) mass is 569 g/mol. The fraction of sp³-hybridized carbons (Fsp3) is 0.382. The van der Waals surface area contributed by atoms with Crippen molar-refractivity contribution < 1.29 is 24.2 Å². The Balaban J connectivity index is 1.29. The number of fused-ring (bicyclic) bond motifs is 3. The van der Waals surface area contributed by atoms with Crippen molar-refractivity contribution >= 4 is 18.0 Å². The number of carbonyl (C=O) groups excluding carboxylic acids is 2. The first-order chi connectivity index (χ1) is 20.2. The number of rotatable bonds is 10. The Hall–Kier alpha value is -4.17. The van der Waals surface area contributed by atoms with Crippen molar-refractivity contribution in [2.24, 2.45) is 5.92 Å². The number of carboxylic acid groups (broad SMARTS) is 1. The van der Waals surface area contributed by atoms with E-state index in [0.29, 0.717) is 19.4 Å². The maximum atomic E-state index is 13.7. The topological polar surface area (TPSA) is 108 Å². The first-order valence-corrected chi connectivity index (χ1v) is 14.6. The van der Waals surface area contributed by atoms with E-state index in [-0.39, 0.29) is 19.1 Å². The third-order valence-corrected chi connectivity index (χ3v) is 8.66. The van der Waals surface area contributed by atoms with Gasteiger partial charge in [0.1, 0.15) is 12.6 Å². The molecule has 0 saturated heterocycles. The number of nitrogens with one attached hydrogen (secondary N) is 2. The van der Waals surface area contributed by atoms with Gasteiger partial charge in [0.15, 0.2) is 0 Å². The van der Waals surface area contributed by atoms with Gasteiger partial charge in [-0.1, -0.05) is 91.7 Å². The molecule has 1 saturated carbocycles. The molecular weight excluding hydrogens is 530 g/mol. The maximum Gasteiger partial charge on any atom is 0.407 e. The number of hydrogen-bond donors (Lipinski definition) is 3. The van der Waals surface area contributed by atoms with Crippen LogP contribution in [0.4, 0.5) is 4.79 Å². The lowest BCUT2D eigenvalue weighted by atomic mass is 9.73. The zero-order chi connectivity index (χ0) is 29.7. The summed E-state index contributed by atoms with van der Waals surface area (Å²) in [4.78, 5) is 40.9. The van der Waals surface area contributed by atoms with Gasteiger partial charge in [-0.15, -0.1) is 0 Å². The molecule has 0 aromatic heterocycles. The van der Waals surface area contributed by atoms with Gasteiger partial charge in [0.25, 0.3) is 0 Å². The van der Waals surface area contributed by atoms with Crippen LogP contribution in [0.5, 0.6) is 0 Å². The van der Waals surface area contributed by atoms with Crippen molar-refractivity contribution in [1.29, 1.82) is 0 Å². The Bertz CT molecular complexity index is 1380. The number of ether oxygens (including phenoxy) is 1. The second-order valence-electron chi connectivity index (χ2n) is 11.7. The number of carboxylic acids is 1. The molecule has 0 aliphatic heterocycles. The zero-order valence-corrected chi connectivity index (χ0v) is 24.2. The molecule has 0 bridgehead atoms. The number of hydrogen-bond acceptors (Lipinski definition) is 5. The van der Waals surface area contributed by atoms with Crippen LogP contribution in [0.3, 0.4) is 0 Å². The Morgan fingerprint density at radius 2 is 1.57 bits per heavy atom. The Kier molecular flexibility index (Phi) is 8.92. The summed E-state index contributed by atoms with van der Waals surface area (Å²) < 4.78 is 5.75. The van der Waals surface area contributed by atoms with Crippen LogP contribution in [0, 0.1) is 5.92 Å². The van der Waals surface area contributed by atoms with Crippen molar-refractivity contribution in [3.63, 3.8) is 0 Å². The third-order valence-electron chi connectivity index (χ3n) is 8.66. The van der Waals surface area contributed by atoms with Crippen LogP contribution in [-0.4, -0.2) is 59.8 Å². The van der Waals surface area contributed by atoms with E-state index in [0.717, 1.165) is 40.7 Å². The van der Waals surface area contributed by atoms with Crippen molar-refractivity contribution in [2.75, 3.05) is 20.2 Å². The second-order valence-corrected chi connectivity index (χ2v) is 11.7. The fourth-order valence-corrected chi connectivity index (χ4v) is 6.50. The summed E-state index contributed by atoms with van der Waals surface area (Å²) in [6.07, 6.45) is 2.02. The molecule has 0 heterocycles. The molecule has 2 aliphatic rings. The van der Waals surface area contributed by atoms with Gasteiger partial charge in [-0.2, -0.15) is 0 Å². The van der Waals surface area contributed by atoms with Gasteiger partial charge in [0.2, 0.25) is 5.91 Å². The minimum atomic E-state index is -0.942. The van der Waals surface area contributed by atoms with Crippen LogP contribution in [0.25, 0.3) is 11.1 Å². The lowest BCUT2D eigenvalue weighted by molar-refractivity contribution is -0.147. The van der Waals surface area contributed by atoms with Crippen LogP contribution < -0.4 is 10.6 Å². The predicted molar refractivity (Wildman–Crippen MR) is 161 cm³/mol. The van der Waals surface area contributed by atoms with Gasteiger partial charge >= 0.3 is 12.1 Å². The number of carbonyl (C=O) groups is 3. The zero-order valence-electron chi connectivity index (χ0n) is 24.2. The van der Waals surface area contributed by atoms with Crippen molar-refractivity contribution in [2.45, 2.75) is 56.7 Å². The summed E-state index contributed by atoms with van der Waals surface area (Å²) in [5, 5.41) is 15.6. The van der Waals surface area contributed by atoms with Crippen LogP contribution in [0.1, 0.15) is 55.2 Å². The van der Waals surface area contributed by atoms with Gasteiger partial charge < -0.3 is 20.5 Å². The van der Waals surface area contributed by atoms with E-state index < -0.39 is 35.5 Å². The molecule has 3 N–H and O–H groups in total. The van der Waals surface area contributed by atoms with E-state index >= 15 is 0 Å². The molecule has 0 spiro atoms. The minimum Gasteiger partial charge on any atom is -0.481 e. The van der Waals surface area contributed by atoms with Gasteiger partial charge in [0, 0.05) is 19.0 Å². The second kappa shape index (κ2) is 12.8. The Morgan fingerprint density at radius 3 is 2.21 bits per heavy atom. The standard InChI is InChI=1S/C34H39N3O5/c1-34(19-11-10-18-29(34)32(39)40)36-31(38)30(21-37(2)20-23-12-4-3-5-13-23)35-33(41)42-22-28-26-16-8-6-14-24(26)25-15-7-9-17-27(25)28/h3-9,12-17,28-30H,10-11,18-22H2,1-2H3,(H,35,41)(H,36,38)(H,39,40). The van der Waals surface area contributed by atoms with E-state index in [1.54, 1.807) is 6.92 Å². The molecule has 2 aliphatic carbocycles. The van der Waals surface area contributed by atoms with E-state index in [4.69, 9.17) is 4.74 Å². The number of aliphatic carboxylic acids is 1. The van der Waals surface area contributed by atoms with E-state index in [9.17, 15) is 19.5 Å². The average molecular weight is 570 g/mol. The molecule has 3 atom stereocenters. The first kappa shape index (κ1) is 29.3. The minimum absolute atomic E-state index is 0.103. The highest BCUT2D eigenvalue weighted by molar-refractivity contribution is 5.87. The molecule has 8 heteroatoms. The fourth-order valence-electron chi connectivity index (χ4n) is 6.50. The smallest absolute Gasteiger partial charge is 0.407 e. The lowest BCUT2D eigenvalue weighted by Crippen LogP contribution is -2.61. The molecule has 5 rings (SSSR count). The first-order valence-electron chi connectivity index (χ1n) is 14.6. The average Bonchev–Trinajstić information content (AvgIpc) is 3.29. The molecule has 0 radical (unpaired) electrons. The van der Waals surface area contributed by atoms with Crippen molar-refractivity contribution in [3.05, 3.63) is 95.6 Å². The van der Waals surface area contributed by atoms with Crippen molar-refractivity contribution in [1.82, 2.24) is 15.5 Å². The number of benzene rings is 3. The molecule has 220 valence electrons. The molecule has 3 aromatic rings. The quantitative estimate of drug-likeness (QED) is 0.311. The summed E-state index contributed by atoms with van der Waals surface area (Å²) in [6.45, 7) is 2.72. The van der Waals surface area contributed by atoms with Crippen LogP contribution in [0.2, 0.25) is 0 Å². The molecule has 8 nitrogen and oxygen atoms in total. The summed E-state index contributed by atoms with van der Waals surface area (Å²) in [5.41, 5.74) is 4.65. The summed E-state index contributed by atoms with van der Waals surface area (Å²) in [5.74, 6) is -2.13. The SMILES string of the molecule is CN(Cc1ccccc1)CC(NC(=O)OCC1c2ccccc2-c2ccccc21)C(=O)NC1(C)CCCCC1C(=O)O. The lowest BCUT2D eigenvalue weighted by Gasteiger charge is -2.40. The van der Waals surface area contributed by atoms with Gasteiger partial charge in [-0.05, 0) is 54.6 Å². The number of likely N-dealkylation sites (N-methyl/N-ethyl adjacent to an activating group) is 1. The normalized spacial score (nSPS) is 20.3. The summed E-state index contributed by atoms with van der Waals surface area (Å²) in [7, 11) is 1.88. The highest BCUT2D eigenvalue weighted by atomic mass is 16.5. The van der Waals surface area contributed by atoms with Crippen LogP contribution >= 0.6 is 0 Å². The molecule has 42 heavy (non-hydrogen) atoms.